The van der Waals surface area contributed by atoms with E-state index in [9.17, 15) is 4.39 Å². The van der Waals surface area contributed by atoms with E-state index in [1.807, 2.05) is 12.1 Å². The molecule has 0 aliphatic carbocycles. The molecule has 2 aliphatic heterocycles. The lowest BCUT2D eigenvalue weighted by Gasteiger charge is -2.37. The summed E-state index contributed by atoms with van der Waals surface area (Å²) in [5.41, 5.74) is 1.10. The Morgan fingerprint density at radius 3 is 2.44 bits per heavy atom. The quantitative estimate of drug-likeness (QED) is 0.816. The van der Waals surface area contributed by atoms with Crippen molar-refractivity contribution in [2.24, 2.45) is 0 Å². The van der Waals surface area contributed by atoms with Gasteiger partial charge in [0.2, 0.25) is 5.95 Å². The van der Waals surface area contributed by atoms with Gasteiger partial charge in [-0.25, -0.2) is 9.37 Å². The molecule has 0 saturated carbocycles. The van der Waals surface area contributed by atoms with E-state index in [0.29, 0.717) is 18.8 Å². The molecular weight excluding hydrogens is 347 g/mol. The number of aromatic nitrogens is 2. The van der Waals surface area contributed by atoms with Crippen molar-refractivity contribution < 1.29 is 9.13 Å². The summed E-state index contributed by atoms with van der Waals surface area (Å²) < 4.78 is 19.1. The van der Waals surface area contributed by atoms with Crippen molar-refractivity contribution in [1.29, 1.82) is 5.26 Å². The fraction of sp³-hybridized carbons (Fsp3) is 0.421. The van der Waals surface area contributed by atoms with Crippen molar-refractivity contribution in [1.82, 2.24) is 9.97 Å². The molecule has 7 nitrogen and oxygen atoms in total. The highest BCUT2D eigenvalue weighted by Crippen LogP contribution is 2.22. The molecule has 0 N–H and O–H groups in total. The molecule has 0 amide bonds. The van der Waals surface area contributed by atoms with E-state index in [4.69, 9.17) is 15.0 Å². The van der Waals surface area contributed by atoms with Crippen LogP contribution in [-0.2, 0) is 4.74 Å². The maximum Gasteiger partial charge on any atom is 0.227 e. The second-order valence-electron chi connectivity index (χ2n) is 6.60. The third-order valence-corrected chi connectivity index (χ3v) is 4.90. The minimum Gasteiger partial charge on any atom is -0.378 e. The lowest BCUT2D eigenvalue weighted by Crippen LogP contribution is -2.47. The molecule has 4 rings (SSSR count). The molecule has 3 heterocycles. The molecule has 140 valence electrons. The van der Waals surface area contributed by atoms with Gasteiger partial charge in [-0.15, -0.1) is 0 Å². The second kappa shape index (κ2) is 7.76. The van der Waals surface area contributed by atoms with Gasteiger partial charge < -0.3 is 19.4 Å². The maximum absolute atomic E-state index is 13.7. The maximum atomic E-state index is 13.7. The number of hydrogen-bond donors (Lipinski definition) is 0. The summed E-state index contributed by atoms with van der Waals surface area (Å²) in [6.45, 7) is 6.04. The van der Waals surface area contributed by atoms with E-state index in [0.717, 1.165) is 56.7 Å². The Bertz CT molecular complexity index is 840. The highest BCUT2D eigenvalue weighted by atomic mass is 19.1. The van der Waals surface area contributed by atoms with Crippen LogP contribution >= 0.6 is 0 Å². The summed E-state index contributed by atoms with van der Waals surface area (Å²) in [5.74, 6) is 1.27. The number of piperazine rings is 1. The van der Waals surface area contributed by atoms with Crippen molar-refractivity contribution in [3.63, 3.8) is 0 Å². The van der Waals surface area contributed by atoms with Crippen LogP contribution in [0.4, 0.5) is 21.8 Å². The second-order valence-corrected chi connectivity index (χ2v) is 6.60. The van der Waals surface area contributed by atoms with Crippen LogP contribution in [-0.4, -0.2) is 62.5 Å². The molecule has 0 bridgehead atoms. The fourth-order valence-corrected chi connectivity index (χ4v) is 3.45. The van der Waals surface area contributed by atoms with Crippen molar-refractivity contribution in [2.75, 3.05) is 67.2 Å². The van der Waals surface area contributed by atoms with E-state index >= 15 is 0 Å². The number of nitriles is 1. The van der Waals surface area contributed by atoms with Gasteiger partial charge >= 0.3 is 0 Å². The monoisotopic (exact) mass is 368 g/mol. The van der Waals surface area contributed by atoms with E-state index < -0.39 is 0 Å². The standard InChI is InChI=1S/C19H21FN6O/c20-16-11-15(14-21)12-17(13-16)24-3-5-25(6-4-24)18-1-2-22-19(23-18)26-7-9-27-10-8-26/h1-2,11-13H,3-10H2. The van der Waals surface area contributed by atoms with Gasteiger partial charge in [0, 0.05) is 51.2 Å². The Kier molecular flexibility index (Phi) is 5.03. The first kappa shape index (κ1) is 17.5. The molecule has 2 fully saturated rings. The largest absolute Gasteiger partial charge is 0.378 e. The summed E-state index contributed by atoms with van der Waals surface area (Å²) in [6, 6.07) is 8.42. The highest BCUT2D eigenvalue weighted by Gasteiger charge is 2.21. The SMILES string of the molecule is N#Cc1cc(F)cc(N2CCN(c3ccnc(N4CCOCC4)n3)CC2)c1. The Labute approximate surface area is 157 Å². The molecule has 2 saturated heterocycles. The zero-order valence-corrected chi connectivity index (χ0v) is 15.0. The number of morpholine rings is 1. The van der Waals surface area contributed by atoms with E-state index in [-0.39, 0.29) is 5.82 Å². The smallest absolute Gasteiger partial charge is 0.227 e. The van der Waals surface area contributed by atoms with Gasteiger partial charge in [-0.05, 0) is 24.3 Å². The highest BCUT2D eigenvalue weighted by molar-refractivity contribution is 5.54. The first-order chi connectivity index (χ1) is 13.2. The Morgan fingerprint density at radius 2 is 1.70 bits per heavy atom. The first-order valence-corrected chi connectivity index (χ1v) is 9.09. The number of ether oxygens (including phenoxy) is 1. The number of nitrogens with zero attached hydrogens (tertiary/aromatic N) is 6. The average Bonchev–Trinajstić information content (AvgIpc) is 2.74. The Hall–Kier alpha value is -2.92. The van der Waals surface area contributed by atoms with Crippen LogP contribution in [0.1, 0.15) is 5.56 Å². The number of benzene rings is 1. The zero-order chi connectivity index (χ0) is 18.6. The van der Waals surface area contributed by atoms with Crippen molar-refractivity contribution in [3.8, 4) is 6.07 Å². The van der Waals surface area contributed by atoms with Gasteiger partial charge in [-0.2, -0.15) is 10.2 Å². The topological polar surface area (TPSA) is 68.5 Å². The third-order valence-electron chi connectivity index (χ3n) is 4.90. The van der Waals surface area contributed by atoms with Gasteiger partial charge in [0.1, 0.15) is 11.6 Å². The van der Waals surface area contributed by atoms with Crippen LogP contribution in [0, 0.1) is 17.1 Å². The summed E-state index contributed by atoms with van der Waals surface area (Å²) >= 11 is 0. The minimum absolute atomic E-state index is 0.346. The van der Waals surface area contributed by atoms with Crippen molar-refractivity contribution >= 4 is 17.5 Å². The number of halogens is 1. The summed E-state index contributed by atoms with van der Waals surface area (Å²) in [4.78, 5) is 15.6. The van der Waals surface area contributed by atoms with Crippen LogP contribution < -0.4 is 14.7 Å². The van der Waals surface area contributed by atoms with E-state index in [1.54, 1.807) is 12.3 Å². The van der Waals surface area contributed by atoms with Gasteiger partial charge in [-0.1, -0.05) is 0 Å². The molecule has 2 aliphatic rings. The molecule has 0 atom stereocenters. The molecule has 0 radical (unpaired) electrons. The van der Waals surface area contributed by atoms with Gasteiger partial charge in [0.05, 0.1) is 24.8 Å². The fourth-order valence-electron chi connectivity index (χ4n) is 3.45. The number of anilines is 3. The van der Waals surface area contributed by atoms with Gasteiger partial charge in [-0.3, -0.25) is 0 Å². The van der Waals surface area contributed by atoms with Crippen LogP contribution in [0.25, 0.3) is 0 Å². The lowest BCUT2D eigenvalue weighted by molar-refractivity contribution is 0.122. The van der Waals surface area contributed by atoms with Crippen molar-refractivity contribution in [2.45, 2.75) is 0 Å². The molecule has 0 spiro atoms. The van der Waals surface area contributed by atoms with Crippen LogP contribution in [0.5, 0.6) is 0 Å². The van der Waals surface area contributed by atoms with Crippen LogP contribution in [0.3, 0.4) is 0 Å². The third kappa shape index (κ3) is 3.93. The number of rotatable bonds is 3. The van der Waals surface area contributed by atoms with Gasteiger partial charge in [0.25, 0.3) is 0 Å². The molecule has 2 aromatic rings. The summed E-state index contributed by atoms with van der Waals surface area (Å²) in [6.07, 6.45) is 1.80. The van der Waals surface area contributed by atoms with E-state index in [2.05, 4.69) is 19.7 Å². The molecule has 1 aromatic heterocycles. The first-order valence-electron chi connectivity index (χ1n) is 9.09. The molecule has 27 heavy (non-hydrogen) atoms. The zero-order valence-electron chi connectivity index (χ0n) is 15.0. The Balaban J connectivity index is 1.43. The van der Waals surface area contributed by atoms with E-state index in [1.165, 1.54) is 12.1 Å². The summed E-state index contributed by atoms with van der Waals surface area (Å²) in [5, 5.41) is 9.04. The Morgan fingerprint density at radius 1 is 0.963 bits per heavy atom. The lowest BCUT2D eigenvalue weighted by atomic mass is 10.1. The van der Waals surface area contributed by atoms with Crippen molar-refractivity contribution in [3.05, 3.63) is 41.8 Å². The molecular formula is C19H21FN6O. The van der Waals surface area contributed by atoms with Crippen LogP contribution in [0.15, 0.2) is 30.5 Å². The minimum atomic E-state index is -0.377. The van der Waals surface area contributed by atoms with Crippen LogP contribution in [0.2, 0.25) is 0 Å². The predicted octanol–water partition coefficient (Wildman–Crippen LogP) is 1.65. The molecule has 0 unspecified atom stereocenters. The number of hydrogen-bond acceptors (Lipinski definition) is 7. The average molecular weight is 368 g/mol. The molecule has 1 aromatic carbocycles. The normalized spacial score (nSPS) is 17.7. The predicted molar refractivity (Wildman–Crippen MR) is 101 cm³/mol. The van der Waals surface area contributed by atoms with Gasteiger partial charge in [0.15, 0.2) is 0 Å². The molecule has 8 heteroatoms. The summed E-state index contributed by atoms with van der Waals surface area (Å²) in [7, 11) is 0.